The summed E-state index contributed by atoms with van der Waals surface area (Å²) in [6.07, 6.45) is -0.839. The number of nitriles is 1. The SMILES string of the molecule is N#CC(/C=C/[C@@H](O)C[C@@H](O)CC(=O)[O-])=C(c1ccc(F)cc1)c1ccc(F)cc1. The van der Waals surface area contributed by atoms with Crippen LogP contribution in [0.5, 0.6) is 0 Å². The van der Waals surface area contributed by atoms with E-state index < -0.39 is 36.2 Å². The molecular formula is C22H18F2NO4-. The maximum atomic E-state index is 13.3. The number of hydrogen-bond donors (Lipinski definition) is 2. The summed E-state index contributed by atoms with van der Waals surface area (Å²) >= 11 is 0. The first-order chi connectivity index (χ1) is 13.8. The van der Waals surface area contributed by atoms with Gasteiger partial charge in [-0.1, -0.05) is 30.3 Å². The van der Waals surface area contributed by atoms with Crippen LogP contribution in [0.4, 0.5) is 8.78 Å². The van der Waals surface area contributed by atoms with Crippen molar-refractivity contribution in [2.75, 3.05) is 0 Å². The highest BCUT2D eigenvalue weighted by atomic mass is 19.1. The van der Waals surface area contributed by atoms with Crippen LogP contribution >= 0.6 is 0 Å². The predicted octanol–water partition coefficient (Wildman–Crippen LogP) is 2.10. The van der Waals surface area contributed by atoms with Crippen LogP contribution in [0.15, 0.2) is 66.3 Å². The third-order valence-electron chi connectivity index (χ3n) is 4.06. The highest BCUT2D eigenvalue weighted by Gasteiger charge is 2.13. The van der Waals surface area contributed by atoms with Crippen molar-refractivity contribution in [1.82, 2.24) is 0 Å². The van der Waals surface area contributed by atoms with Crippen LogP contribution < -0.4 is 5.11 Å². The lowest BCUT2D eigenvalue weighted by molar-refractivity contribution is -0.307. The Morgan fingerprint density at radius 3 is 1.93 bits per heavy atom. The van der Waals surface area contributed by atoms with Gasteiger partial charge in [-0.05, 0) is 41.5 Å². The molecule has 0 aliphatic rings. The molecule has 0 saturated carbocycles. The van der Waals surface area contributed by atoms with Crippen molar-refractivity contribution in [3.8, 4) is 6.07 Å². The molecular weight excluding hydrogens is 380 g/mol. The summed E-state index contributed by atoms with van der Waals surface area (Å²) in [6.45, 7) is 0. The predicted molar refractivity (Wildman–Crippen MR) is 99.8 cm³/mol. The summed E-state index contributed by atoms with van der Waals surface area (Å²) in [5.74, 6) is -2.36. The summed E-state index contributed by atoms with van der Waals surface area (Å²) < 4.78 is 26.6. The molecule has 150 valence electrons. The lowest BCUT2D eigenvalue weighted by Crippen LogP contribution is -2.29. The highest BCUT2D eigenvalue weighted by molar-refractivity contribution is 5.85. The van der Waals surface area contributed by atoms with Gasteiger partial charge in [0.25, 0.3) is 0 Å². The van der Waals surface area contributed by atoms with E-state index in [0.717, 1.165) is 0 Å². The second kappa shape index (κ2) is 10.3. The Bertz CT molecular complexity index is 897. The fourth-order valence-corrected chi connectivity index (χ4v) is 2.73. The van der Waals surface area contributed by atoms with E-state index in [1.54, 1.807) is 0 Å². The molecule has 2 aromatic rings. The van der Waals surface area contributed by atoms with Crippen molar-refractivity contribution in [2.24, 2.45) is 0 Å². The van der Waals surface area contributed by atoms with Gasteiger partial charge in [-0.25, -0.2) is 8.78 Å². The standard InChI is InChI=1S/C22H19F2NO4/c23-17-6-1-14(2-7-17)22(15-3-8-18(24)9-4-15)16(13-25)5-10-19(26)11-20(27)12-21(28)29/h1-10,19-20,26-27H,11-12H2,(H,28,29)/p-1/b10-5+/t19-,20-/m1/s1. The van der Waals surface area contributed by atoms with E-state index in [4.69, 9.17) is 0 Å². The number of rotatable bonds is 8. The summed E-state index contributed by atoms with van der Waals surface area (Å²) in [5, 5.41) is 39.6. The largest absolute Gasteiger partial charge is 0.550 e. The summed E-state index contributed by atoms with van der Waals surface area (Å²) in [5.41, 5.74) is 1.51. The quantitative estimate of drug-likeness (QED) is 0.523. The summed E-state index contributed by atoms with van der Waals surface area (Å²) in [4.78, 5) is 10.5. The Hall–Kier alpha value is -3.34. The maximum absolute atomic E-state index is 13.3. The monoisotopic (exact) mass is 398 g/mol. The molecule has 0 aliphatic carbocycles. The van der Waals surface area contributed by atoms with Crippen molar-refractivity contribution >= 4 is 11.5 Å². The average Bonchev–Trinajstić information content (AvgIpc) is 2.66. The number of carboxylic acid groups (broad SMARTS) is 1. The van der Waals surface area contributed by atoms with Crippen LogP contribution in [0, 0.1) is 23.0 Å². The number of hydrogen-bond acceptors (Lipinski definition) is 5. The Morgan fingerprint density at radius 2 is 1.52 bits per heavy atom. The molecule has 2 atom stereocenters. The molecule has 0 fully saturated rings. The van der Waals surface area contributed by atoms with Crippen LogP contribution in [0.2, 0.25) is 0 Å². The lowest BCUT2D eigenvalue weighted by atomic mass is 9.92. The van der Waals surface area contributed by atoms with Crippen molar-refractivity contribution in [3.05, 3.63) is 89.0 Å². The molecule has 2 aromatic carbocycles. The average molecular weight is 398 g/mol. The third kappa shape index (κ3) is 6.64. The first-order valence-electron chi connectivity index (χ1n) is 8.70. The fourth-order valence-electron chi connectivity index (χ4n) is 2.73. The molecule has 0 bridgehead atoms. The number of benzene rings is 2. The minimum absolute atomic E-state index is 0.108. The van der Waals surface area contributed by atoms with Gasteiger partial charge in [0, 0.05) is 24.4 Å². The van der Waals surface area contributed by atoms with Gasteiger partial charge in [0.1, 0.15) is 11.6 Å². The first kappa shape index (κ1) is 22.0. The van der Waals surface area contributed by atoms with Crippen molar-refractivity contribution in [3.63, 3.8) is 0 Å². The number of carboxylic acids is 1. The molecule has 7 heteroatoms. The fraction of sp³-hybridized carbons (Fsp3) is 0.182. The number of nitrogens with zero attached hydrogens (tertiary/aromatic N) is 1. The molecule has 0 heterocycles. The van der Waals surface area contributed by atoms with Crippen molar-refractivity contribution < 1.29 is 28.9 Å². The Balaban J connectivity index is 2.41. The smallest absolute Gasteiger partial charge is 0.123 e. The maximum Gasteiger partial charge on any atom is 0.123 e. The number of allylic oxidation sites excluding steroid dienone is 2. The Morgan fingerprint density at radius 1 is 1.03 bits per heavy atom. The van der Waals surface area contributed by atoms with E-state index in [1.807, 2.05) is 6.07 Å². The second-order valence-corrected chi connectivity index (χ2v) is 6.31. The van der Waals surface area contributed by atoms with E-state index in [0.29, 0.717) is 16.7 Å². The molecule has 29 heavy (non-hydrogen) atoms. The normalized spacial score (nSPS) is 12.9. The Labute approximate surface area is 166 Å². The number of carbonyl (C=O) groups is 1. The van der Waals surface area contributed by atoms with Gasteiger partial charge in [-0.2, -0.15) is 5.26 Å². The van der Waals surface area contributed by atoms with Gasteiger partial charge in [0.15, 0.2) is 0 Å². The van der Waals surface area contributed by atoms with Gasteiger partial charge in [0.05, 0.1) is 23.9 Å². The van der Waals surface area contributed by atoms with Crippen LogP contribution in [0.3, 0.4) is 0 Å². The van der Waals surface area contributed by atoms with Gasteiger partial charge < -0.3 is 20.1 Å². The number of aliphatic carboxylic acids is 1. The van der Waals surface area contributed by atoms with Crippen LogP contribution in [-0.2, 0) is 4.79 Å². The minimum atomic E-state index is -1.44. The molecule has 0 unspecified atom stereocenters. The molecule has 0 amide bonds. The molecule has 5 nitrogen and oxygen atoms in total. The summed E-state index contributed by atoms with van der Waals surface area (Å²) in [6, 6.07) is 12.8. The molecule has 0 radical (unpaired) electrons. The third-order valence-corrected chi connectivity index (χ3v) is 4.06. The molecule has 2 rings (SSSR count). The molecule has 2 N–H and O–H groups in total. The van der Waals surface area contributed by atoms with Crippen LogP contribution in [0.1, 0.15) is 24.0 Å². The van der Waals surface area contributed by atoms with Gasteiger partial charge in [-0.15, -0.1) is 0 Å². The zero-order chi connectivity index (χ0) is 21.4. The van der Waals surface area contributed by atoms with Crippen molar-refractivity contribution in [1.29, 1.82) is 5.26 Å². The molecule has 0 spiro atoms. The van der Waals surface area contributed by atoms with E-state index in [2.05, 4.69) is 0 Å². The van der Waals surface area contributed by atoms with Crippen LogP contribution in [-0.4, -0.2) is 28.4 Å². The van der Waals surface area contributed by atoms with Crippen LogP contribution in [0.25, 0.3) is 5.57 Å². The number of aliphatic hydroxyl groups excluding tert-OH is 2. The van der Waals surface area contributed by atoms with Gasteiger partial charge in [0.2, 0.25) is 0 Å². The first-order valence-corrected chi connectivity index (χ1v) is 8.70. The Kier molecular flexibility index (Phi) is 7.78. The van der Waals surface area contributed by atoms with Gasteiger partial charge in [-0.3, -0.25) is 0 Å². The van der Waals surface area contributed by atoms with E-state index in [1.165, 1.54) is 60.7 Å². The molecule has 0 aliphatic heterocycles. The van der Waals surface area contributed by atoms with E-state index in [-0.39, 0.29) is 12.0 Å². The number of carbonyl (C=O) groups excluding carboxylic acids is 1. The highest BCUT2D eigenvalue weighted by Crippen LogP contribution is 2.28. The topological polar surface area (TPSA) is 104 Å². The van der Waals surface area contributed by atoms with E-state index in [9.17, 15) is 34.2 Å². The van der Waals surface area contributed by atoms with Crippen molar-refractivity contribution in [2.45, 2.75) is 25.0 Å². The summed E-state index contributed by atoms with van der Waals surface area (Å²) in [7, 11) is 0. The van der Waals surface area contributed by atoms with Gasteiger partial charge >= 0.3 is 0 Å². The second-order valence-electron chi connectivity index (χ2n) is 6.31. The molecule has 0 saturated heterocycles. The number of aliphatic hydroxyl groups is 2. The minimum Gasteiger partial charge on any atom is -0.550 e. The van der Waals surface area contributed by atoms with E-state index >= 15 is 0 Å². The lowest BCUT2D eigenvalue weighted by Gasteiger charge is -2.14. The zero-order valence-corrected chi connectivity index (χ0v) is 15.3. The zero-order valence-electron chi connectivity index (χ0n) is 15.3. The molecule has 0 aromatic heterocycles. The number of halogens is 2.